The number of ether oxygens (including phenoxy) is 1. The molecule has 0 bridgehead atoms. The van der Waals surface area contributed by atoms with Gasteiger partial charge < -0.3 is 4.74 Å². The van der Waals surface area contributed by atoms with Crippen LogP contribution in [0.15, 0.2) is 24.3 Å². The first-order valence-electron chi connectivity index (χ1n) is 11.5. The summed E-state index contributed by atoms with van der Waals surface area (Å²) in [6.07, 6.45) is 13.2. The molecule has 0 aliphatic heterocycles. The Morgan fingerprint density at radius 3 is 2.17 bits per heavy atom. The van der Waals surface area contributed by atoms with Crippen LogP contribution in [-0.4, -0.2) is 13.0 Å². The summed E-state index contributed by atoms with van der Waals surface area (Å²) in [5, 5.41) is 0. The Bertz CT molecular complexity index is 687. The number of hydrogen-bond donors (Lipinski definition) is 0. The third kappa shape index (κ3) is 6.01. The Morgan fingerprint density at radius 2 is 1.57 bits per heavy atom. The Kier molecular flexibility index (Phi) is 8.64. The summed E-state index contributed by atoms with van der Waals surface area (Å²) in [6.45, 7) is 1.14. The van der Waals surface area contributed by atoms with Gasteiger partial charge >= 0.3 is 0 Å². The van der Waals surface area contributed by atoms with Crippen LogP contribution in [-0.2, 0) is 0 Å². The number of hydrogen-bond acceptors (Lipinski definition) is 1. The number of benzene rings is 1. The van der Waals surface area contributed by atoms with Crippen LogP contribution < -0.4 is 4.74 Å². The second-order valence-corrected chi connectivity index (χ2v) is 9.02. The summed E-state index contributed by atoms with van der Waals surface area (Å²) < 4.78 is 58.0. The molecule has 2 saturated carbocycles. The van der Waals surface area contributed by atoms with Crippen molar-refractivity contribution in [1.29, 1.82) is 0 Å². The summed E-state index contributed by atoms with van der Waals surface area (Å²) in [5.74, 6) is -0.196. The van der Waals surface area contributed by atoms with Crippen molar-refractivity contribution in [3.63, 3.8) is 0 Å². The van der Waals surface area contributed by atoms with Crippen LogP contribution in [0, 0.1) is 29.4 Å². The lowest BCUT2D eigenvalue weighted by Gasteiger charge is -2.38. The Labute approximate surface area is 177 Å². The van der Waals surface area contributed by atoms with Crippen LogP contribution in [0.5, 0.6) is 5.75 Å². The van der Waals surface area contributed by atoms with E-state index in [0.29, 0.717) is 11.5 Å². The number of alkyl halides is 2. The van der Waals surface area contributed by atoms with Crippen molar-refractivity contribution in [3.8, 4) is 5.75 Å². The molecule has 0 atom stereocenters. The topological polar surface area (TPSA) is 9.23 Å². The predicted molar refractivity (Wildman–Crippen MR) is 112 cm³/mol. The van der Waals surface area contributed by atoms with E-state index in [4.69, 9.17) is 0 Å². The Hall–Kier alpha value is -1.52. The molecule has 30 heavy (non-hydrogen) atoms. The summed E-state index contributed by atoms with van der Waals surface area (Å²) in [5.41, 5.74) is 0.364. The van der Waals surface area contributed by atoms with Crippen LogP contribution in [0.3, 0.4) is 0 Å². The van der Waals surface area contributed by atoms with Gasteiger partial charge in [-0.1, -0.05) is 31.1 Å². The monoisotopic (exact) mass is 426 g/mol. The molecule has 0 heterocycles. The van der Waals surface area contributed by atoms with Crippen molar-refractivity contribution in [3.05, 3.63) is 41.5 Å². The molecule has 0 aromatic heterocycles. The van der Waals surface area contributed by atoms with E-state index in [1.54, 1.807) is 0 Å². The molecular formula is C25H34F4O. The largest absolute Gasteiger partial charge is 0.484 e. The van der Waals surface area contributed by atoms with Crippen molar-refractivity contribution >= 4 is 0 Å². The lowest BCUT2D eigenvalue weighted by molar-refractivity contribution is 0.0794. The maximum Gasteiger partial charge on any atom is 0.272 e. The van der Waals surface area contributed by atoms with Gasteiger partial charge in [-0.3, -0.25) is 0 Å². The first kappa shape index (κ1) is 23.1. The van der Waals surface area contributed by atoms with E-state index in [0.717, 1.165) is 37.5 Å². The molecule has 0 amide bonds. The van der Waals surface area contributed by atoms with Crippen LogP contribution in [0.25, 0.3) is 0 Å². The average molecular weight is 427 g/mol. The van der Waals surface area contributed by atoms with Gasteiger partial charge in [0.2, 0.25) is 5.82 Å². The lowest BCUT2D eigenvalue weighted by atomic mass is 9.68. The number of allylic oxidation sites excluding steroid dienone is 2. The van der Waals surface area contributed by atoms with E-state index in [1.165, 1.54) is 50.7 Å². The van der Waals surface area contributed by atoms with Crippen LogP contribution in [0.4, 0.5) is 17.6 Å². The van der Waals surface area contributed by atoms with Gasteiger partial charge in [0.25, 0.3) is 6.43 Å². The van der Waals surface area contributed by atoms with Crippen molar-refractivity contribution in [2.45, 2.75) is 83.5 Å². The zero-order chi connectivity index (χ0) is 21.5. The van der Waals surface area contributed by atoms with Crippen LogP contribution in [0.2, 0.25) is 0 Å². The number of halogens is 4. The first-order valence-corrected chi connectivity index (χ1v) is 11.5. The van der Waals surface area contributed by atoms with E-state index in [2.05, 4.69) is 23.8 Å². The first-order chi connectivity index (χ1) is 14.5. The van der Waals surface area contributed by atoms with E-state index >= 15 is 0 Å². The Balaban J connectivity index is 1.49. The SMILES string of the molecule is CC=CCCC1CCC(C2CCC(c3ccc(OCC(F)F)c(F)c3F)CC2)CC1. The van der Waals surface area contributed by atoms with E-state index < -0.39 is 30.4 Å². The van der Waals surface area contributed by atoms with E-state index in [-0.39, 0.29) is 5.92 Å². The smallest absolute Gasteiger partial charge is 0.272 e. The minimum atomic E-state index is -2.72. The summed E-state index contributed by atoms with van der Waals surface area (Å²) >= 11 is 0. The number of rotatable bonds is 8. The normalized spacial score (nSPS) is 27.7. The highest BCUT2D eigenvalue weighted by Gasteiger charge is 2.32. The summed E-state index contributed by atoms with van der Waals surface area (Å²) in [6, 6.07) is 2.80. The van der Waals surface area contributed by atoms with Crippen molar-refractivity contribution in [1.82, 2.24) is 0 Å². The van der Waals surface area contributed by atoms with Gasteiger partial charge in [-0.15, -0.1) is 0 Å². The molecule has 1 nitrogen and oxygen atoms in total. The third-order valence-electron chi connectivity index (χ3n) is 7.19. The fraction of sp³-hybridized carbons (Fsp3) is 0.680. The highest BCUT2D eigenvalue weighted by Crippen LogP contribution is 2.45. The molecule has 2 fully saturated rings. The molecule has 2 aliphatic rings. The van der Waals surface area contributed by atoms with Crippen molar-refractivity contribution in [2.24, 2.45) is 17.8 Å². The fourth-order valence-corrected chi connectivity index (χ4v) is 5.47. The molecule has 0 unspecified atom stereocenters. The molecule has 2 aliphatic carbocycles. The van der Waals surface area contributed by atoms with Crippen LogP contribution in [0.1, 0.15) is 82.6 Å². The van der Waals surface area contributed by atoms with Crippen LogP contribution >= 0.6 is 0 Å². The van der Waals surface area contributed by atoms with E-state index in [1.807, 2.05) is 0 Å². The zero-order valence-electron chi connectivity index (χ0n) is 17.9. The molecule has 0 N–H and O–H groups in total. The van der Waals surface area contributed by atoms with Gasteiger partial charge in [0.15, 0.2) is 11.6 Å². The zero-order valence-corrected chi connectivity index (χ0v) is 17.9. The maximum absolute atomic E-state index is 14.5. The van der Waals surface area contributed by atoms with E-state index in [9.17, 15) is 17.6 Å². The lowest BCUT2D eigenvalue weighted by Crippen LogP contribution is -2.25. The molecule has 0 saturated heterocycles. The quantitative estimate of drug-likeness (QED) is 0.302. The molecular weight excluding hydrogens is 392 g/mol. The van der Waals surface area contributed by atoms with Gasteiger partial charge in [0.05, 0.1) is 0 Å². The fourth-order valence-electron chi connectivity index (χ4n) is 5.47. The second-order valence-electron chi connectivity index (χ2n) is 9.02. The van der Waals surface area contributed by atoms with Crippen molar-refractivity contribution in [2.75, 3.05) is 6.61 Å². The standard InChI is InChI=1S/C25H34F4O/c1-2-3-4-5-17-6-8-18(9-7-17)19-10-12-20(13-11-19)21-14-15-22(25(29)24(21)28)30-16-23(26)27/h2-3,14-15,17-20,23H,4-13,16H2,1H3. The Morgan fingerprint density at radius 1 is 0.933 bits per heavy atom. The second kappa shape index (κ2) is 11.2. The molecule has 1 aromatic carbocycles. The molecule has 5 heteroatoms. The molecule has 1 aromatic rings. The van der Waals surface area contributed by atoms with Gasteiger partial charge in [-0.05, 0) is 93.6 Å². The molecule has 0 radical (unpaired) electrons. The minimum absolute atomic E-state index is 0.00271. The van der Waals surface area contributed by atoms with Gasteiger partial charge in [0.1, 0.15) is 6.61 Å². The minimum Gasteiger partial charge on any atom is -0.484 e. The maximum atomic E-state index is 14.5. The molecule has 0 spiro atoms. The highest BCUT2D eigenvalue weighted by atomic mass is 19.3. The summed E-state index contributed by atoms with van der Waals surface area (Å²) in [7, 11) is 0. The predicted octanol–water partition coefficient (Wildman–Crippen LogP) is 8.05. The van der Waals surface area contributed by atoms with Gasteiger partial charge in [0, 0.05) is 0 Å². The average Bonchev–Trinajstić information content (AvgIpc) is 2.76. The highest BCUT2D eigenvalue weighted by molar-refractivity contribution is 5.33. The molecule has 168 valence electrons. The molecule has 3 rings (SSSR count). The van der Waals surface area contributed by atoms with Gasteiger partial charge in [-0.25, -0.2) is 13.2 Å². The third-order valence-corrected chi connectivity index (χ3v) is 7.19. The van der Waals surface area contributed by atoms with Gasteiger partial charge in [-0.2, -0.15) is 4.39 Å². The summed E-state index contributed by atoms with van der Waals surface area (Å²) in [4.78, 5) is 0. The van der Waals surface area contributed by atoms with Crippen molar-refractivity contribution < 1.29 is 22.3 Å².